The van der Waals surface area contributed by atoms with Gasteiger partial charge in [-0.3, -0.25) is 9.59 Å². The topological polar surface area (TPSA) is 51.5 Å². The predicted octanol–water partition coefficient (Wildman–Crippen LogP) is 3.58. The number of piperidine rings is 1. The van der Waals surface area contributed by atoms with Gasteiger partial charge in [0.25, 0.3) is 5.56 Å². The number of carbonyl (C=O) groups excluding carboxylic acids is 1. The molecule has 7 atom stereocenters. The van der Waals surface area contributed by atoms with Crippen LogP contribution >= 0.6 is 0 Å². The summed E-state index contributed by atoms with van der Waals surface area (Å²) in [5.74, 6) is 1.70. The van der Waals surface area contributed by atoms with E-state index in [1.165, 1.54) is 25.0 Å². The van der Waals surface area contributed by atoms with E-state index in [0.29, 0.717) is 17.8 Å². The SMILES string of the molecule is C[C@@H]1CCC[C@]2(C)C[C@H]3OC(=O)[C@@H](CN4C[C@H]5C[C@@H](C4)c4cccc(=O)n4C5)[C@H]3C=C12. The molecule has 6 rings (SSSR count). The van der Waals surface area contributed by atoms with Crippen molar-refractivity contribution in [1.29, 1.82) is 0 Å². The summed E-state index contributed by atoms with van der Waals surface area (Å²) in [5.41, 5.74) is 3.10. The number of fused-ring (bicyclic) bond motifs is 6. The number of nitrogens with zero attached hydrogens (tertiary/aromatic N) is 2. The molecule has 0 unspecified atom stereocenters. The minimum Gasteiger partial charge on any atom is -0.461 e. The van der Waals surface area contributed by atoms with Crippen molar-refractivity contribution in [3.05, 3.63) is 45.9 Å². The second-order valence-corrected chi connectivity index (χ2v) is 11.3. The van der Waals surface area contributed by atoms with Crippen LogP contribution in [0.5, 0.6) is 0 Å². The largest absolute Gasteiger partial charge is 0.461 e. The first-order chi connectivity index (χ1) is 14.9. The molecule has 2 aliphatic carbocycles. The van der Waals surface area contributed by atoms with Crippen LogP contribution in [0.4, 0.5) is 0 Å². The molecule has 3 fully saturated rings. The summed E-state index contributed by atoms with van der Waals surface area (Å²) in [5, 5.41) is 0. The summed E-state index contributed by atoms with van der Waals surface area (Å²) in [4.78, 5) is 27.8. The van der Waals surface area contributed by atoms with E-state index < -0.39 is 0 Å². The number of hydrogen-bond acceptors (Lipinski definition) is 4. The first kappa shape index (κ1) is 19.8. The molecule has 0 amide bonds. The Morgan fingerprint density at radius 2 is 2.06 bits per heavy atom. The van der Waals surface area contributed by atoms with Crippen LogP contribution < -0.4 is 5.56 Å². The lowest BCUT2D eigenvalue weighted by Gasteiger charge is -2.46. The number of allylic oxidation sites excluding steroid dienone is 1. The van der Waals surface area contributed by atoms with E-state index in [1.807, 2.05) is 10.6 Å². The van der Waals surface area contributed by atoms with Gasteiger partial charge >= 0.3 is 5.97 Å². The summed E-state index contributed by atoms with van der Waals surface area (Å²) in [6.45, 7) is 8.26. The van der Waals surface area contributed by atoms with Crippen LogP contribution in [0.25, 0.3) is 0 Å². The predicted molar refractivity (Wildman–Crippen MR) is 119 cm³/mol. The highest BCUT2D eigenvalue weighted by Gasteiger charge is 2.52. The average Bonchev–Trinajstić information content (AvgIpc) is 3.01. The van der Waals surface area contributed by atoms with Gasteiger partial charge in [-0.15, -0.1) is 0 Å². The van der Waals surface area contributed by atoms with E-state index in [9.17, 15) is 9.59 Å². The summed E-state index contributed by atoms with van der Waals surface area (Å²) in [6, 6.07) is 5.68. The van der Waals surface area contributed by atoms with Gasteiger partial charge in [-0.1, -0.05) is 38.0 Å². The Labute approximate surface area is 184 Å². The number of likely N-dealkylation sites (tertiary alicyclic amines) is 1. The minimum absolute atomic E-state index is 0.00843. The highest BCUT2D eigenvalue weighted by Crippen LogP contribution is 2.54. The molecule has 31 heavy (non-hydrogen) atoms. The molecular weight excluding hydrogens is 388 g/mol. The van der Waals surface area contributed by atoms with Gasteiger partial charge in [0.2, 0.25) is 0 Å². The van der Waals surface area contributed by atoms with Crippen molar-refractivity contribution in [1.82, 2.24) is 9.47 Å². The monoisotopic (exact) mass is 422 g/mol. The molecule has 2 saturated heterocycles. The van der Waals surface area contributed by atoms with Crippen LogP contribution in [0.15, 0.2) is 34.6 Å². The molecule has 5 aliphatic rings. The number of pyridine rings is 1. The molecule has 0 radical (unpaired) electrons. The molecule has 3 aliphatic heterocycles. The van der Waals surface area contributed by atoms with Crippen molar-refractivity contribution in [2.24, 2.45) is 29.1 Å². The van der Waals surface area contributed by atoms with E-state index >= 15 is 0 Å². The van der Waals surface area contributed by atoms with Crippen molar-refractivity contribution in [3.63, 3.8) is 0 Å². The second kappa shape index (κ2) is 7.06. The molecule has 0 N–H and O–H groups in total. The van der Waals surface area contributed by atoms with Crippen LogP contribution in [0.3, 0.4) is 0 Å². The van der Waals surface area contributed by atoms with E-state index in [-0.39, 0.29) is 34.9 Å². The summed E-state index contributed by atoms with van der Waals surface area (Å²) >= 11 is 0. The van der Waals surface area contributed by atoms with Crippen molar-refractivity contribution in [2.75, 3.05) is 19.6 Å². The molecule has 1 aromatic heterocycles. The maximum Gasteiger partial charge on any atom is 0.311 e. The first-order valence-electron chi connectivity index (χ1n) is 12.3. The van der Waals surface area contributed by atoms with Crippen molar-refractivity contribution in [2.45, 2.75) is 64.5 Å². The number of esters is 1. The molecule has 166 valence electrons. The third kappa shape index (κ3) is 3.14. The third-order valence-corrected chi connectivity index (χ3v) is 9.09. The van der Waals surface area contributed by atoms with Crippen LogP contribution in [0, 0.1) is 29.1 Å². The number of ether oxygens (including phenoxy) is 1. The van der Waals surface area contributed by atoms with Gasteiger partial charge < -0.3 is 14.2 Å². The molecule has 1 saturated carbocycles. The maximum absolute atomic E-state index is 13.0. The molecule has 1 aromatic rings. The summed E-state index contributed by atoms with van der Waals surface area (Å²) in [7, 11) is 0. The molecule has 5 nitrogen and oxygen atoms in total. The Balaban J connectivity index is 1.24. The van der Waals surface area contributed by atoms with Gasteiger partial charge in [0.15, 0.2) is 0 Å². The molecule has 2 bridgehead atoms. The molecule has 5 heteroatoms. The van der Waals surface area contributed by atoms with E-state index in [0.717, 1.165) is 39.0 Å². The molecular formula is C26H34N2O3. The van der Waals surface area contributed by atoms with Gasteiger partial charge in [-0.25, -0.2) is 0 Å². The number of hydrogen-bond donors (Lipinski definition) is 0. The lowest BCUT2D eigenvalue weighted by atomic mass is 9.59. The quantitative estimate of drug-likeness (QED) is 0.540. The zero-order valence-electron chi connectivity index (χ0n) is 18.8. The first-order valence-corrected chi connectivity index (χ1v) is 12.3. The molecule has 0 spiro atoms. The Bertz CT molecular complexity index is 997. The van der Waals surface area contributed by atoms with Crippen LogP contribution in [0.2, 0.25) is 0 Å². The van der Waals surface area contributed by atoms with Crippen molar-refractivity contribution >= 4 is 5.97 Å². The Morgan fingerprint density at radius 3 is 2.94 bits per heavy atom. The average molecular weight is 423 g/mol. The Kier molecular flexibility index (Phi) is 4.51. The number of carbonyl (C=O) groups is 1. The van der Waals surface area contributed by atoms with Crippen LogP contribution in [-0.4, -0.2) is 41.2 Å². The third-order valence-electron chi connectivity index (χ3n) is 9.09. The molecule has 0 aromatic carbocycles. The number of rotatable bonds is 2. The van der Waals surface area contributed by atoms with Gasteiger partial charge in [0.1, 0.15) is 6.10 Å². The fourth-order valence-corrected chi connectivity index (χ4v) is 7.68. The normalized spacial score (nSPS) is 41.6. The smallest absolute Gasteiger partial charge is 0.311 e. The van der Waals surface area contributed by atoms with Crippen LogP contribution in [0.1, 0.15) is 57.6 Å². The van der Waals surface area contributed by atoms with Crippen molar-refractivity contribution < 1.29 is 9.53 Å². The number of aromatic nitrogens is 1. The van der Waals surface area contributed by atoms with Crippen molar-refractivity contribution in [3.8, 4) is 0 Å². The minimum atomic E-state index is -0.0482. The Morgan fingerprint density at radius 1 is 1.19 bits per heavy atom. The van der Waals surface area contributed by atoms with Gasteiger partial charge in [0, 0.05) is 49.8 Å². The lowest BCUT2D eigenvalue weighted by molar-refractivity contribution is -0.145. The fourth-order valence-electron chi connectivity index (χ4n) is 7.68. The van der Waals surface area contributed by atoms with Gasteiger partial charge in [0.05, 0.1) is 5.92 Å². The zero-order valence-corrected chi connectivity index (χ0v) is 18.8. The fraction of sp³-hybridized carbons (Fsp3) is 0.692. The zero-order chi connectivity index (χ0) is 21.3. The second-order valence-electron chi connectivity index (χ2n) is 11.3. The maximum atomic E-state index is 13.0. The summed E-state index contributed by atoms with van der Waals surface area (Å²) < 4.78 is 7.96. The van der Waals surface area contributed by atoms with Crippen LogP contribution in [-0.2, 0) is 16.1 Å². The van der Waals surface area contributed by atoms with E-state index in [4.69, 9.17) is 4.74 Å². The molecule has 4 heterocycles. The standard InChI is InChI=1S/C26H34N2O3/c1-16-5-4-8-26(2)11-23-19(10-21(16)26)20(25(30)31-23)15-27-12-17-9-18(14-27)22-6-3-7-24(29)28(22)13-17/h3,6-7,10,16-20,23H,4-5,8-9,11-15H2,1-2H3/t16-,17-,18+,19-,20+,23-,26-/m1/s1. The van der Waals surface area contributed by atoms with Gasteiger partial charge in [-0.05, 0) is 49.0 Å². The van der Waals surface area contributed by atoms with Gasteiger partial charge in [-0.2, -0.15) is 0 Å². The Hall–Kier alpha value is -1.88. The highest BCUT2D eigenvalue weighted by atomic mass is 16.6. The lowest BCUT2D eigenvalue weighted by Crippen LogP contribution is -2.49. The van der Waals surface area contributed by atoms with E-state index in [2.05, 4.69) is 30.9 Å². The highest BCUT2D eigenvalue weighted by molar-refractivity contribution is 5.76. The van der Waals surface area contributed by atoms with E-state index in [1.54, 1.807) is 11.6 Å². The summed E-state index contributed by atoms with van der Waals surface area (Å²) in [6.07, 6.45) is 8.45.